The number of nitrogens with one attached hydrogen (secondary N) is 1. The zero-order chi connectivity index (χ0) is 15.1. The Hall–Kier alpha value is -1.92. The molecule has 108 valence electrons. The van der Waals surface area contributed by atoms with Crippen LogP contribution in [-0.4, -0.2) is 23.7 Å². The molecule has 0 aliphatic rings. The van der Waals surface area contributed by atoms with Gasteiger partial charge in [-0.2, -0.15) is 5.10 Å². The van der Waals surface area contributed by atoms with E-state index < -0.39 is 0 Å². The fourth-order valence-corrected chi connectivity index (χ4v) is 2.20. The number of ether oxygens (including phenoxy) is 1. The summed E-state index contributed by atoms with van der Waals surface area (Å²) in [6.45, 7) is -0.148. The topological polar surface area (TPSA) is 63.6 Å². The highest BCUT2D eigenvalue weighted by Gasteiger charge is 2.05. The molecular formula is C14H11BrClN3O2. The number of carbonyl (C=O) groups is 1. The molecular weight excluding hydrogens is 358 g/mol. The Kier molecular flexibility index (Phi) is 5.71. The van der Waals surface area contributed by atoms with Gasteiger partial charge in [0.2, 0.25) is 0 Å². The van der Waals surface area contributed by atoms with Crippen molar-refractivity contribution in [2.75, 3.05) is 6.61 Å². The van der Waals surface area contributed by atoms with E-state index in [1.165, 1.54) is 6.21 Å². The molecule has 0 bridgehead atoms. The average molecular weight is 369 g/mol. The van der Waals surface area contributed by atoms with Crippen molar-refractivity contribution in [3.8, 4) is 5.75 Å². The van der Waals surface area contributed by atoms with Crippen molar-refractivity contribution in [1.29, 1.82) is 0 Å². The summed E-state index contributed by atoms with van der Waals surface area (Å²) in [6, 6.07) is 8.66. The molecule has 21 heavy (non-hydrogen) atoms. The second kappa shape index (κ2) is 7.75. The third-order valence-electron chi connectivity index (χ3n) is 2.34. The number of carbonyl (C=O) groups excluding carboxylic acids is 1. The van der Waals surface area contributed by atoms with Crippen LogP contribution in [0.15, 0.2) is 52.3 Å². The van der Waals surface area contributed by atoms with Crippen molar-refractivity contribution < 1.29 is 9.53 Å². The highest BCUT2D eigenvalue weighted by Crippen LogP contribution is 2.27. The zero-order valence-corrected chi connectivity index (χ0v) is 13.1. The molecule has 1 amide bonds. The number of hydrazone groups is 1. The second-order valence-corrected chi connectivity index (χ2v) is 5.23. The van der Waals surface area contributed by atoms with Gasteiger partial charge in [-0.1, -0.05) is 17.7 Å². The molecule has 0 aliphatic carbocycles. The first kappa shape index (κ1) is 15.5. The number of pyridine rings is 1. The van der Waals surface area contributed by atoms with Crippen LogP contribution < -0.4 is 10.2 Å². The monoisotopic (exact) mass is 367 g/mol. The van der Waals surface area contributed by atoms with E-state index in [4.69, 9.17) is 16.3 Å². The molecule has 0 saturated heterocycles. The van der Waals surface area contributed by atoms with Crippen LogP contribution in [0.4, 0.5) is 0 Å². The summed E-state index contributed by atoms with van der Waals surface area (Å²) in [6.07, 6.45) is 4.80. The second-order valence-electron chi connectivity index (χ2n) is 3.94. The number of benzene rings is 1. The van der Waals surface area contributed by atoms with Crippen molar-refractivity contribution in [1.82, 2.24) is 10.4 Å². The zero-order valence-electron chi connectivity index (χ0n) is 10.8. The molecule has 2 aromatic rings. The molecule has 1 heterocycles. The van der Waals surface area contributed by atoms with Gasteiger partial charge in [-0.05, 0) is 40.2 Å². The minimum atomic E-state index is -0.364. The third-order valence-corrected chi connectivity index (χ3v) is 3.19. The Morgan fingerprint density at radius 1 is 1.48 bits per heavy atom. The predicted molar refractivity (Wildman–Crippen MR) is 84.6 cm³/mol. The van der Waals surface area contributed by atoms with Crippen molar-refractivity contribution >= 4 is 39.7 Å². The highest BCUT2D eigenvalue weighted by molar-refractivity contribution is 9.10. The van der Waals surface area contributed by atoms with Crippen LogP contribution in [0.5, 0.6) is 5.75 Å². The number of amides is 1. The van der Waals surface area contributed by atoms with Crippen molar-refractivity contribution in [2.45, 2.75) is 0 Å². The van der Waals surface area contributed by atoms with Gasteiger partial charge in [0.25, 0.3) is 5.91 Å². The smallest absolute Gasteiger partial charge is 0.277 e. The number of rotatable bonds is 5. The van der Waals surface area contributed by atoms with E-state index in [1.807, 2.05) is 6.07 Å². The van der Waals surface area contributed by atoms with Crippen LogP contribution >= 0.6 is 27.5 Å². The van der Waals surface area contributed by atoms with Gasteiger partial charge < -0.3 is 4.74 Å². The van der Waals surface area contributed by atoms with Gasteiger partial charge >= 0.3 is 0 Å². The van der Waals surface area contributed by atoms with E-state index in [2.05, 4.69) is 31.4 Å². The van der Waals surface area contributed by atoms with Gasteiger partial charge in [0.05, 0.1) is 10.7 Å². The van der Waals surface area contributed by atoms with Gasteiger partial charge in [0, 0.05) is 23.0 Å². The molecule has 0 atom stereocenters. The molecule has 1 aromatic carbocycles. The standard InChI is InChI=1S/C14H11BrClN3O2/c15-12-6-11(16)3-4-13(12)21-9-14(20)19-18-8-10-2-1-5-17-7-10/h1-8H,9H2,(H,19,20). The lowest BCUT2D eigenvalue weighted by Crippen LogP contribution is -2.24. The average Bonchev–Trinajstić information content (AvgIpc) is 2.47. The van der Waals surface area contributed by atoms with E-state index in [0.29, 0.717) is 15.2 Å². The van der Waals surface area contributed by atoms with Crippen LogP contribution in [0, 0.1) is 0 Å². The molecule has 0 aliphatic heterocycles. The highest BCUT2D eigenvalue weighted by atomic mass is 79.9. The fraction of sp³-hybridized carbons (Fsp3) is 0.0714. The van der Waals surface area contributed by atoms with E-state index in [9.17, 15) is 4.79 Å². The summed E-state index contributed by atoms with van der Waals surface area (Å²) in [5.41, 5.74) is 3.16. The lowest BCUT2D eigenvalue weighted by atomic mass is 10.3. The summed E-state index contributed by atoms with van der Waals surface area (Å²) < 4.78 is 6.03. The molecule has 0 radical (unpaired) electrons. The van der Waals surface area contributed by atoms with Crippen LogP contribution in [0.2, 0.25) is 5.02 Å². The van der Waals surface area contributed by atoms with Crippen molar-refractivity contribution in [3.63, 3.8) is 0 Å². The molecule has 7 heteroatoms. The summed E-state index contributed by atoms with van der Waals surface area (Å²) in [4.78, 5) is 15.5. The number of hydrogen-bond donors (Lipinski definition) is 1. The van der Waals surface area contributed by atoms with Crippen LogP contribution in [0.25, 0.3) is 0 Å². The Labute approximate surface area is 135 Å². The molecule has 1 N–H and O–H groups in total. The maximum absolute atomic E-state index is 11.6. The Balaban J connectivity index is 1.81. The minimum Gasteiger partial charge on any atom is -0.483 e. The Bertz CT molecular complexity index is 650. The summed E-state index contributed by atoms with van der Waals surface area (Å²) in [7, 11) is 0. The molecule has 2 rings (SSSR count). The maximum atomic E-state index is 11.6. The van der Waals surface area contributed by atoms with Gasteiger partial charge in [-0.3, -0.25) is 9.78 Å². The number of nitrogens with zero attached hydrogens (tertiary/aromatic N) is 2. The number of hydrogen-bond acceptors (Lipinski definition) is 4. The lowest BCUT2D eigenvalue weighted by Gasteiger charge is -2.07. The number of aromatic nitrogens is 1. The van der Waals surface area contributed by atoms with E-state index in [1.54, 1.807) is 36.7 Å². The van der Waals surface area contributed by atoms with Crippen LogP contribution in [0.1, 0.15) is 5.56 Å². The largest absolute Gasteiger partial charge is 0.483 e. The molecule has 0 saturated carbocycles. The van der Waals surface area contributed by atoms with E-state index in [-0.39, 0.29) is 12.5 Å². The lowest BCUT2D eigenvalue weighted by molar-refractivity contribution is -0.123. The normalized spacial score (nSPS) is 10.6. The molecule has 1 aromatic heterocycles. The molecule has 5 nitrogen and oxygen atoms in total. The van der Waals surface area contributed by atoms with Gasteiger partial charge in [0.1, 0.15) is 5.75 Å². The van der Waals surface area contributed by atoms with Crippen LogP contribution in [-0.2, 0) is 4.79 Å². The fourth-order valence-electron chi connectivity index (χ4n) is 1.40. The van der Waals surface area contributed by atoms with E-state index in [0.717, 1.165) is 5.56 Å². The SMILES string of the molecule is O=C(COc1ccc(Cl)cc1Br)NN=Cc1cccnc1. The first-order valence-electron chi connectivity index (χ1n) is 5.95. The molecule has 0 unspecified atom stereocenters. The van der Waals surface area contributed by atoms with Gasteiger partial charge in [-0.25, -0.2) is 5.43 Å². The van der Waals surface area contributed by atoms with Gasteiger partial charge in [0.15, 0.2) is 6.61 Å². The third kappa shape index (κ3) is 5.17. The van der Waals surface area contributed by atoms with E-state index >= 15 is 0 Å². The minimum absolute atomic E-state index is 0.148. The predicted octanol–water partition coefficient (Wildman–Crippen LogP) is 3.03. The van der Waals surface area contributed by atoms with Crippen molar-refractivity contribution in [2.24, 2.45) is 5.10 Å². The summed E-state index contributed by atoms with van der Waals surface area (Å²) in [5, 5.41) is 4.40. The summed E-state index contributed by atoms with van der Waals surface area (Å²) in [5.74, 6) is 0.169. The molecule has 0 fully saturated rings. The molecule has 0 spiro atoms. The maximum Gasteiger partial charge on any atom is 0.277 e. The summed E-state index contributed by atoms with van der Waals surface area (Å²) >= 11 is 9.12. The Morgan fingerprint density at radius 2 is 2.33 bits per heavy atom. The first-order valence-corrected chi connectivity index (χ1v) is 7.12. The number of halogens is 2. The van der Waals surface area contributed by atoms with Gasteiger partial charge in [-0.15, -0.1) is 0 Å². The Morgan fingerprint density at radius 3 is 3.05 bits per heavy atom. The quantitative estimate of drug-likeness (QED) is 0.652. The van der Waals surface area contributed by atoms with Crippen LogP contribution in [0.3, 0.4) is 0 Å². The van der Waals surface area contributed by atoms with Crippen molar-refractivity contribution in [3.05, 3.63) is 57.8 Å². The first-order chi connectivity index (χ1) is 10.1.